The largest absolute Gasteiger partial charge is 0.465 e. The first-order valence-corrected chi connectivity index (χ1v) is 10.2. The molecule has 4 rings (SSSR count). The Morgan fingerprint density at radius 1 is 0.917 bits per heavy atom. The van der Waals surface area contributed by atoms with Gasteiger partial charge in [-0.05, 0) is 59.3 Å². The average Bonchev–Trinajstić information content (AvgIpc) is 2.83. The van der Waals surface area contributed by atoms with Crippen molar-refractivity contribution in [1.82, 2.24) is 4.98 Å². The van der Waals surface area contributed by atoms with E-state index >= 15 is 0 Å². The molecule has 0 unspecified atom stereocenters. The van der Waals surface area contributed by atoms with Crippen LogP contribution in [0.3, 0.4) is 0 Å². The number of halogens is 3. The summed E-state index contributed by atoms with van der Waals surface area (Å²) in [6.45, 7) is 0. The summed E-state index contributed by atoms with van der Waals surface area (Å²) >= 11 is 0. The number of rotatable bonds is 5. The van der Waals surface area contributed by atoms with Crippen molar-refractivity contribution in [1.29, 1.82) is 5.26 Å². The molecule has 0 aliphatic rings. The van der Waals surface area contributed by atoms with Crippen molar-refractivity contribution in [2.24, 2.45) is 0 Å². The van der Waals surface area contributed by atoms with Gasteiger partial charge in [0.05, 0.1) is 17.2 Å². The van der Waals surface area contributed by atoms with Crippen LogP contribution >= 0.6 is 0 Å². The molecule has 0 atom stereocenters. The van der Waals surface area contributed by atoms with E-state index in [9.17, 15) is 22.8 Å². The lowest BCUT2D eigenvalue weighted by molar-refractivity contribution is -0.137. The second kappa shape index (κ2) is 9.63. The number of fused-ring (bicyclic) bond motifs is 1. The summed E-state index contributed by atoms with van der Waals surface area (Å²) in [5, 5.41) is 23.7. The van der Waals surface area contributed by atoms with Crippen LogP contribution in [0.4, 0.5) is 29.5 Å². The number of anilines is 2. The number of nitrogens with one attached hydrogen (secondary N) is 2. The van der Waals surface area contributed by atoms with Gasteiger partial charge in [0, 0.05) is 23.5 Å². The van der Waals surface area contributed by atoms with Crippen molar-refractivity contribution in [2.45, 2.75) is 6.18 Å². The Kier molecular flexibility index (Phi) is 6.43. The van der Waals surface area contributed by atoms with E-state index in [1.165, 1.54) is 36.5 Å². The van der Waals surface area contributed by atoms with Crippen LogP contribution in [0.5, 0.6) is 11.5 Å². The zero-order valence-corrected chi connectivity index (χ0v) is 18.1. The van der Waals surface area contributed by atoms with E-state index in [1.54, 1.807) is 30.3 Å². The first-order valence-electron chi connectivity index (χ1n) is 10.2. The second-order valence-electron chi connectivity index (χ2n) is 7.46. The van der Waals surface area contributed by atoms with E-state index in [0.29, 0.717) is 23.0 Å². The van der Waals surface area contributed by atoms with Gasteiger partial charge in [-0.1, -0.05) is 12.1 Å². The van der Waals surface area contributed by atoms with Gasteiger partial charge in [0.15, 0.2) is 0 Å². The number of nitriles is 1. The summed E-state index contributed by atoms with van der Waals surface area (Å²) in [4.78, 5) is 27.4. The highest BCUT2D eigenvalue weighted by Crippen LogP contribution is 2.34. The fourth-order valence-electron chi connectivity index (χ4n) is 3.38. The SMILES string of the molecule is N#Cc1ccc(NC(=O)c2ccc3ccc(Oc4ccnc(NC(=O)O)c4)cc3c2)cc1C(F)(F)F. The number of hydrogen-bond donors (Lipinski definition) is 3. The minimum Gasteiger partial charge on any atom is -0.465 e. The summed E-state index contributed by atoms with van der Waals surface area (Å²) in [6.07, 6.45) is -4.64. The zero-order chi connectivity index (χ0) is 25.9. The minimum atomic E-state index is -4.75. The number of amides is 2. The summed E-state index contributed by atoms with van der Waals surface area (Å²) in [7, 11) is 0. The molecule has 180 valence electrons. The van der Waals surface area contributed by atoms with Crippen molar-refractivity contribution in [3.05, 3.63) is 89.6 Å². The van der Waals surface area contributed by atoms with Gasteiger partial charge >= 0.3 is 12.3 Å². The Labute approximate surface area is 201 Å². The van der Waals surface area contributed by atoms with E-state index < -0.39 is 29.3 Å². The van der Waals surface area contributed by atoms with Crippen molar-refractivity contribution >= 4 is 34.3 Å². The van der Waals surface area contributed by atoms with Crippen molar-refractivity contribution in [3.63, 3.8) is 0 Å². The van der Waals surface area contributed by atoms with Gasteiger partial charge in [-0.25, -0.2) is 9.78 Å². The van der Waals surface area contributed by atoms with Crippen LogP contribution in [0.1, 0.15) is 21.5 Å². The lowest BCUT2D eigenvalue weighted by Crippen LogP contribution is -2.14. The number of benzene rings is 3. The lowest BCUT2D eigenvalue weighted by atomic mass is 10.1. The highest BCUT2D eigenvalue weighted by molar-refractivity contribution is 6.06. The summed E-state index contributed by atoms with van der Waals surface area (Å²) in [5.74, 6) is 0.161. The van der Waals surface area contributed by atoms with Gasteiger partial charge in [-0.15, -0.1) is 0 Å². The number of carbonyl (C=O) groups is 2. The molecule has 1 aromatic heterocycles. The number of nitrogens with zero attached hydrogens (tertiary/aromatic N) is 2. The fourth-order valence-corrected chi connectivity index (χ4v) is 3.38. The Morgan fingerprint density at radius 2 is 1.67 bits per heavy atom. The summed E-state index contributed by atoms with van der Waals surface area (Å²) in [5.41, 5.74) is -1.60. The van der Waals surface area contributed by atoms with Gasteiger partial charge in [-0.3, -0.25) is 10.1 Å². The van der Waals surface area contributed by atoms with Gasteiger partial charge in [0.2, 0.25) is 0 Å². The van der Waals surface area contributed by atoms with Gasteiger partial charge < -0.3 is 15.2 Å². The lowest BCUT2D eigenvalue weighted by Gasteiger charge is -2.12. The molecule has 0 fully saturated rings. The molecule has 0 aliphatic heterocycles. The maximum absolute atomic E-state index is 13.2. The van der Waals surface area contributed by atoms with Crippen LogP contribution in [0.15, 0.2) is 72.9 Å². The van der Waals surface area contributed by atoms with Crippen LogP contribution in [0.2, 0.25) is 0 Å². The Morgan fingerprint density at radius 3 is 2.39 bits per heavy atom. The quantitative estimate of drug-likeness (QED) is 0.302. The first-order chi connectivity index (χ1) is 17.1. The molecule has 8 nitrogen and oxygen atoms in total. The van der Waals surface area contributed by atoms with Crippen molar-refractivity contribution in [3.8, 4) is 17.6 Å². The number of aromatic nitrogens is 1. The van der Waals surface area contributed by atoms with E-state index in [2.05, 4.69) is 15.6 Å². The van der Waals surface area contributed by atoms with E-state index in [4.69, 9.17) is 15.1 Å². The molecule has 11 heteroatoms. The van der Waals surface area contributed by atoms with E-state index in [-0.39, 0.29) is 17.1 Å². The molecule has 0 saturated carbocycles. The van der Waals surface area contributed by atoms with Crippen molar-refractivity contribution < 1.29 is 32.6 Å². The van der Waals surface area contributed by atoms with Gasteiger partial charge in [0.1, 0.15) is 17.3 Å². The van der Waals surface area contributed by atoms with Crippen LogP contribution in [0.25, 0.3) is 10.8 Å². The molecule has 0 aliphatic carbocycles. The second-order valence-corrected chi connectivity index (χ2v) is 7.46. The molecule has 0 saturated heterocycles. The Bertz CT molecular complexity index is 1530. The number of pyridine rings is 1. The van der Waals surface area contributed by atoms with E-state index in [1.807, 2.05) is 0 Å². The predicted molar refractivity (Wildman–Crippen MR) is 124 cm³/mol. The minimum absolute atomic E-state index is 0.0798. The summed E-state index contributed by atoms with van der Waals surface area (Å²) in [6, 6.07) is 17.2. The highest BCUT2D eigenvalue weighted by atomic mass is 19.4. The first kappa shape index (κ1) is 24.0. The molecule has 0 bridgehead atoms. The molecule has 2 amide bonds. The average molecular weight is 492 g/mol. The third kappa shape index (κ3) is 5.51. The van der Waals surface area contributed by atoms with Crippen LogP contribution in [-0.2, 0) is 6.18 Å². The molecule has 3 aromatic carbocycles. The van der Waals surface area contributed by atoms with Gasteiger partial charge in [-0.2, -0.15) is 18.4 Å². The molecule has 36 heavy (non-hydrogen) atoms. The summed E-state index contributed by atoms with van der Waals surface area (Å²) < 4.78 is 45.4. The molecule has 0 spiro atoms. The smallest absolute Gasteiger partial charge is 0.417 e. The number of alkyl halides is 3. The Balaban J connectivity index is 1.56. The number of carbonyl (C=O) groups excluding carboxylic acids is 1. The fraction of sp³-hybridized carbons (Fsp3) is 0.0400. The van der Waals surface area contributed by atoms with Gasteiger partial charge in [0.25, 0.3) is 5.91 Å². The molecular formula is C25H15F3N4O4. The van der Waals surface area contributed by atoms with Crippen LogP contribution < -0.4 is 15.4 Å². The predicted octanol–water partition coefficient (Wildman–Crippen LogP) is 6.26. The topological polar surface area (TPSA) is 124 Å². The Hall–Kier alpha value is -5.11. The van der Waals surface area contributed by atoms with Crippen LogP contribution in [-0.4, -0.2) is 22.1 Å². The third-order valence-electron chi connectivity index (χ3n) is 4.98. The zero-order valence-electron chi connectivity index (χ0n) is 18.1. The number of ether oxygens (including phenoxy) is 1. The molecule has 4 aromatic rings. The monoisotopic (exact) mass is 492 g/mol. The molecule has 1 heterocycles. The molecule has 0 radical (unpaired) electrons. The standard InChI is InChI=1S/C25H15F3N4O4/c26-25(27,28)21-11-18(5-3-16(21)13-29)31-23(33)15-2-1-14-4-6-19(10-17(14)9-15)36-20-7-8-30-22(12-20)32-24(34)35/h1-12H,(H,30,32)(H,31,33)(H,34,35). The normalized spacial score (nSPS) is 10.9. The highest BCUT2D eigenvalue weighted by Gasteiger charge is 2.34. The van der Waals surface area contributed by atoms with Crippen LogP contribution in [0, 0.1) is 11.3 Å². The molecular weight excluding hydrogens is 477 g/mol. The number of hydrogen-bond acceptors (Lipinski definition) is 5. The van der Waals surface area contributed by atoms with Crippen molar-refractivity contribution in [2.75, 3.05) is 10.6 Å². The van der Waals surface area contributed by atoms with E-state index in [0.717, 1.165) is 11.5 Å². The maximum Gasteiger partial charge on any atom is 0.417 e. The molecule has 3 N–H and O–H groups in total. The third-order valence-corrected chi connectivity index (χ3v) is 4.98. The maximum atomic E-state index is 13.2. The number of carboxylic acid groups (broad SMARTS) is 1.